The zero-order valence-corrected chi connectivity index (χ0v) is 11.2. The van der Waals surface area contributed by atoms with Gasteiger partial charge in [0.25, 0.3) is 0 Å². The molecule has 1 aromatic rings. The van der Waals surface area contributed by atoms with Gasteiger partial charge in [-0.2, -0.15) is 0 Å². The Kier molecular flexibility index (Phi) is 5.45. The predicted molar refractivity (Wildman–Crippen MR) is 73.8 cm³/mol. The van der Waals surface area contributed by atoms with Gasteiger partial charge in [-0.3, -0.25) is 9.69 Å². The number of nitrogen functional groups attached to an aromatic ring is 1. The smallest absolute Gasteiger partial charge is 0.238 e. The van der Waals surface area contributed by atoms with Crippen molar-refractivity contribution in [3.05, 3.63) is 18.2 Å². The van der Waals surface area contributed by atoms with Crippen LogP contribution >= 0.6 is 0 Å². The Hall–Kier alpha value is -1.75. The lowest BCUT2D eigenvalue weighted by atomic mass is 10.2. The molecule has 5 heteroatoms. The van der Waals surface area contributed by atoms with Crippen LogP contribution < -0.4 is 15.8 Å². The molecule has 0 aliphatic rings. The molecule has 0 radical (unpaired) electrons. The summed E-state index contributed by atoms with van der Waals surface area (Å²) in [5, 5.41) is 2.79. The van der Waals surface area contributed by atoms with Crippen LogP contribution in [0.15, 0.2) is 18.2 Å². The first-order valence-electron chi connectivity index (χ1n) is 5.98. The summed E-state index contributed by atoms with van der Waals surface area (Å²) in [6.45, 7) is 3.33. The highest BCUT2D eigenvalue weighted by Crippen LogP contribution is 2.23. The van der Waals surface area contributed by atoms with Crippen molar-refractivity contribution in [3.63, 3.8) is 0 Å². The standard InChI is InChI=1S/C13H21N3O2/c1-4-7-16(2)9-13(17)15-12-6-5-10(18-3)8-11(12)14/h5-6,8H,4,7,9,14H2,1-3H3,(H,15,17). The minimum atomic E-state index is -0.0668. The van der Waals surface area contributed by atoms with E-state index >= 15 is 0 Å². The van der Waals surface area contributed by atoms with Gasteiger partial charge in [0.1, 0.15) is 5.75 Å². The molecule has 0 atom stereocenters. The topological polar surface area (TPSA) is 67.6 Å². The zero-order chi connectivity index (χ0) is 13.5. The maximum atomic E-state index is 11.8. The van der Waals surface area contributed by atoms with Gasteiger partial charge in [0.05, 0.1) is 25.0 Å². The summed E-state index contributed by atoms with van der Waals surface area (Å²) in [4.78, 5) is 13.7. The van der Waals surface area contributed by atoms with Gasteiger partial charge in [-0.25, -0.2) is 0 Å². The van der Waals surface area contributed by atoms with Crippen LogP contribution in [0.2, 0.25) is 0 Å². The number of hydrogen-bond acceptors (Lipinski definition) is 4. The van der Waals surface area contributed by atoms with Gasteiger partial charge in [-0.1, -0.05) is 6.92 Å². The van der Waals surface area contributed by atoms with Crippen molar-refractivity contribution < 1.29 is 9.53 Å². The minimum Gasteiger partial charge on any atom is -0.497 e. The Morgan fingerprint density at radius 3 is 2.78 bits per heavy atom. The van der Waals surface area contributed by atoms with E-state index in [1.165, 1.54) is 0 Å². The van der Waals surface area contributed by atoms with E-state index in [9.17, 15) is 4.79 Å². The van der Waals surface area contributed by atoms with Crippen LogP contribution in [0.25, 0.3) is 0 Å². The van der Waals surface area contributed by atoms with Crippen LogP contribution in [-0.4, -0.2) is 38.1 Å². The predicted octanol–water partition coefficient (Wildman–Crippen LogP) is 1.56. The molecule has 1 amide bonds. The third-order valence-corrected chi connectivity index (χ3v) is 2.55. The average molecular weight is 251 g/mol. The number of benzene rings is 1. The third kappa shape index (κ3) is 4.25. The van der Waals surface area contributed by atoms with E-state index < -0.39 is 0 Å². The van der Waals surface area contributed by atoms with E-state index in [1.807, 2.05) is 11.9 Å². The average Bonchev–Trinajstić information content (AvgIpc) is 2.31. The molecule has 100 valence electrons. The number of nitrogens with zero attached hydrogens (tertiary/aromatic N) is 1. The highest BCUT2D eigenvalue weighted by atomic mass is 16.5. The van der Waals surface area contributed by atoms with Gasteiger partial charge >= 0.3 is 0 Å². The molecule has 0 aliphatic heterocycles. The number of methoxy groups -OCH3 is 1. The monoisotopic (exact) mass is 251 g/mol. The first-order chi connectivity index (χ1) is 8.56. The lowest BCUT2D eigenvalue weighted by Gasteiger charge is -2.15. The van der Waals surface area contributed by atoms with Gasteiger partial charge in [0, 0.05) is 6.07 Å². The molecule has 0 aliphatic carbocycles. The molecule has 18 heavy (non-hydrogen) atoms. The SMILES string of the molecule is CCCN(C)CC(=O)Nc1ccc(OC)cc1N. The first kappa shape index (κ1) is 14.3. The molecule has 0 bridgehead atoms. The molecular formula is C13H21N3O2. The molecule has 0 fully saturated rings. The maximum Gasteiger partial charge on any atom is 0.238 e. The summed E-state index contributed by atoms with van der Waals surface area (Å²) < 4.78 is 5.05. The number of likely N-dealkylation sites (N-methyl/N-ethyl adjacent to an activating group) is 1. The Morgan fingerprint density at radius 2 is 2.22 bits per heavy atom. The highest BCUT2D eigenvalue weighted by molar-refractivity contribution is 5.95. The molecular weight excluding hydrogens is 230 g/mol. The molecule has 0 saturated carbocycles. The second kappa shape index (κ2) is 6.86. The van der Waals surface area contributed by atoms with E-state index in [1.54, 1.807) is 25.3 Å². The highest BCUT2D eigenvalue weighted by Gasteiger charge is 2.08. The molecule has 0 unspecified atom stereocenters. The fraction of sp³-hybridized carbons (Fsp3) is 0.462. The van der Waals surface area contributed by atoms with Crippen molar-refractivity contribution in [1.29, 1.82) is 0 Å². The molecule has 0 saturated heterocycles. The summed E-state index contributed by atoms with van der Waals surface area (Å²) in [7, 11) is 3.49. The van der Waals surface area contributed by atoms with Crippen molar-refractivity contribution in [1.82, 2.24) is 4.90 Å². The Morgan fingerprint density at radius 1 is 1.50 bits per heavy atom. The van der Waals surface area contributed by atoms with Crippen molar-refractivity contribution >= 4 is 17.3 Å². The summed E-state index contributed by atoms with van der Waals surface area (Å²) in [5.74, 6) is 0.608. The van der Waals surface area contributed by atoms with E-state index in [0.29, 0.717) is 23.7 Å². The first-order valence-corrected chi connectivity index (χ1v) is 5.98. The van der Waals surface area contributed by atoms with Gasteiger partial charge in [-0.05, 0) is 32.1 Å². The lowest BCUT2D eigenvalue weighted by Crippen LogP contribution is -2.30. The van der Waals surface area contributed by atoms with E-state index in [4.69, 9.17) is 10.5 Å². The zero-order valence-electron chi connectivity index (χ0n) is 11.2. The Bertz CT molecular complexity index is 407. The number of rotatable bonds is 6. The number of ether oxygens (including phenoxy) is 1. The number of carbonyl (C=O) groups excluding carboxylic acids is 1. The molecule has 1 rings (SSSR count). The van der Waals surface area contributed by atoms with Crippen LogP contribution in [-0.2, 0) is 4.79 Å². The maximum absolute atomic E-state index is 11.8. The van der Waals surface area contributed by atoms with Crippen molar-refractivity contribution in [3.8, 4) is 5.75 Å². The van der Waals surface area contributed by atoms with Gasteiger partial charge in [0.2, 0.25) is 5.91 Å². The Balaban J connectivity index is 2.59. The van der Waals surface area contributed by atoms with E-state index in [0.717, 1.165) is 13.0 Å². The number of hydrogen-bond donors (Lipinski definition) is 2. The molecule has 5 nitrogen and oxygen atoms in total. The quantitative estimate of drug-likeness (QED) is 0.753. The number of anilines is 2. The second-order valence-electron chi connectivity index (χ2n) is 4.24. The summed E-state index contributed by atoms with van der Waals surface area (Å²) in [6.07, 6.45) is 1.02. The Labute approximate surface area is 108 Å². The number of nitrogens with two attached hydrogens (primary N) is 1. The number of amides is 1. The molecule has 0 aromatic heterocycles. The van der Waals surface area contributed by atoms with E-state index in [-0.39, 0.29) is 5.91 Å². The fourth-order valence-electron chi connectivity index (χ4n) is 1.68. The lowest BCUT2D eigenvalue weighted by molar-refractivity contribution is -0.117. The van der Waals surface area contributed by atoms with Crippen LogP contribution in [0.4, 0.5) is 11.4 Å². The van der Waals surface area contributed by atoms with Crippen LogP contribution in [0.1, 0.15) is 13.3 Å². The van der Waals surface area contributed by atoms with Gasteiger partial charge in [-0.15, -0.1) is 0 Å². The fourth-order valence-corrected chi connectivity index (χ4v) is 1.68. The summed E-state index contributed by atoms with van der Waals surface area (Å²) in [6, 6.07) is 5.19. The van der Waals surface area contributed by atoms with Crippen LogP contribution in [0, 0.1) is 0 Å². The molecule has 0 spiro atoms. The van der Waals surface area contributed by atoms with Crippen LogP contribution in [0.5, 0.6) is 5.75 Å². The number of carbonyl (C=O) groups is 1. The molecule has 0 heterocycles. The van der Waals surface area contributed by atoms with Crippen molar-refractivity contribution in [2.75, 3.05) is 38.3 Å². The molecule has 1 aromatic carbocycles. The van der Waals surface area contributed by atoms with Crippen LogP contribution in [0.3, 0.4) is 0 Å². The van der Waals surface area contributed by atoms with Crippen molar-refractivity contribution in [2.45, 2.75) is 13.3 Å². The minimum absolute atomic E-state index is 0.0668. The third-order valence-electron chi connectivity index (χ3n) is 2.55. The number of nitrogens with one attached hydrogen (secondary N) is 1. The largest absolute Gasteiger partial charge is 0.497 e. The molecule has 3 N–H and O–H groups in total. The normalized spacial score (nSPS) is 10.4. The summed E-state index contributed by atoms with van der Waals surface area (Å²) >= 11 is 0. The van der Waals surface area contributed by atoms with Gasteiger partial charge in [0.15, 0.2) is 0 Å². The second-order valence-corrected chi connectivity index (χ2v) is 4.24. The van der Waals surface area contributed by atoms with Gasteiger partial charge < -0.3 is 15.8 Å². The summed E-state index contributed by atoms with van der Waals surface area (Å²) in [5.41, 5.74) is 6.94. The van der Waals surface area contributed by atoms with Crippen molar-refractivity contribution in [2.24, 2.45) is 0 Å². The van der Waals surface area contributed by atoms with E-state index in [2.05, 4.69) is 12.2 Å².